The molecule has 2 unspecified atom stereocenters. The van der Waals surface area contributed by atoms with E-state index < -0.39 is 0 Å². The van der Waals surface area contributed by atoms with Gasteiger partial charge in [0.1, 0.15) is 0 Å². The van der Waals surface area contributed by atoms with Gasteiger partial charge in [0.2, 0.25) is 0 Å². The summed E-state index contributed by atoms with van der Waals surface area (Å²) in [7, 11) is 0. The van der Waals surface area contributed by atoms with Crippen LogP contribution in [0.4, 0.5) is 0 Å². The normalized spacial score (nSPS) is 39.7. The molecule has 0 aromatic rings. The van der Waals surface area contributed by atoms with E-state index in [-0.39, 0.29) is 6.10 Å². The lowest BCUT2D eigenvalue weighted by molar-refractivity contribution is 0.0393. The lowest BCUT2D eigenvalue weighted by Gasteiger charge is -2.36. The summed E-state index contributed by atoms with van der Waals surface area (Å²) in [6, 6.07) is 1.39. The molecule has 3 heteroatoms. The van der Waals surface area contributed by atoms with E-state index in [0.717, 1.165) is 12.8 Å². The smallest absolute Gasteiger partial charge is 0.0570 e. The maximum atomic E-state index is 9.60. The molecular formula is C10H19NOS. The fourth-order valence-electron chi connectivity index (χ4n) is 2.81. The van der Waals surface area contributed by atoms with Gasteiger partial charge in [-0.25, -0.2) is 0 Å². The number of piperidine rings is 1. The van der Waals surface area contributed by atoms with Crippen LogP contribution >= 0.6 is 11.8 Å². The van der Waals surface area contributed by atoms with E-state index in [1.807, 2.05) is 11.8 Å². The molecule has 2 bridgehead atoms. The van der Waals surface area contributed by atoms with E-state index in [2.05, 4.69) is 11.2 Å². The van der Waals surface area contributed by atoms with Crippen LogP contribution in [0.5, 0.6) is 0 Å². The standard InChI is InChI=1S/C10H19NOS/c1-13-5-4-11-8-2-3-9(11)7-10(12)6-8/h8-10,12H,2-7H2,1H3. The van der Waals surface area contributed by atoms with Crippen molar-refractivity contribution in [3.8, 4) is 0 Å². The fourth-order valence-corrected chi connectivity index (χ4v) is 3.20. The molecule has 2 aliphatic heterocycles. The molecule has 0 amide bonds. The van der Waals surface area contributed by atoms with E-state index in [1.165, 1.54) is 25.1 Å². The van der Waals surface area contributed by atoms with Gasteiger partial charge in [-0.1, -0.05) is 0 Å². The molecule has 0 radical (unpaired) electrons. The fraction of sp³-hybridized carbons (Fsp3) is 1.00. The minimum atomic E-state index is -0.0111. The van der Waals surface area contributed by atoms with Crippen molar-refractivity contribution in [1.82, 2.24) is 4.90 Å². The largest absolute Gasteiger partial charge is 0.393 e. The average molecular weight is 201 g/mol. The van der Waals surface area contributed by atoms with E-state index in [9.17, 15) is 5.11 Å². The monoisotopic (exact) mass is 201 g/mol. The molecular weight excluding hydrogens is 182 g/mol. The molecule has 0 aliphatic carbocycles. The Hall–Kier alpha value is 0.270. The minimum Gasteiger partial charge on any atom is -0.393 e. The van der Waals surface area contributed by atoms with Gasteiger partial charge in [-0.15, -0.1) is 0 Å². The molecule has 1 N–H and O–H groups in total. The van der Waals surface area contributed by atoms with Crippen molar-refractivity contribution in [3.63, 3.8) is 0 Å². The zero-order valence-corrected chi connectivity index (χ0v) is 9.09. The van der Waals surface area contributed by atoms with Gasteiger partial charge in [0.05, 0.1) is 6.10 Å². The minimum absolute atomic E-state index is 0.0111. The molecule has 0 aromatic carbocycles. The third-order valence-electron chi connectivity index (χ3n) is 3.41. The summed E-state index contributed by atoms with van der Waals surface area (Å²) >= 11 is 1.92. The Balaban J connectivity index is 1.90. The quantitative estimate of drug-likeness (QED) is 0.745. The predicted octanol–water partition coefficient (Wildman–Crippen LogP) is 1.34. The first-order valence-electron chi connectivity index (χ1n) is 5.24. The number of aliphatic hydroxyl groups excluding tert-OH is 1. The molecule has 2 saturated heterocycles. The van der Waals surface area contributed by atoms with Crippen molar-refractivity contribution in [2.24, 2.45) is 0 Å². The first-order chi connectivity index (χ1) is 6.31. The van der Waals surface area contributed by atoms with Crippen LogP contribution in [0, 0.1) is 0 Å². The summed E-state index contributed by atoms with van der Waals surface area (Å²) in [6.45, 7) is 1.23. The molecule has 2 rings (SSSR count). The Morgan fingerprint density at radius 3 is 2.46 bits per heavy atom. The Labute approximate surface area is 84.7 Å². The van der Waals surface area contributed by atoms with Gasteiger partial charge in [-0.3, -0.25) is 4.90 Å². The second kappa shape index (κ2) is 4.20. The van der Waals surface area contributed by atoms with Gasteiger partial charge in [0.15, 0.2) is 0 Å². The van der Waals surface area contributed by atoms with E-state index in [0.29, 0.717) is 12.1 Å². The van der Waals surface area contributed by atoms with Gasteiger partial charge < -0.3 is 5.11 Å². The first-order valence-corrected chi connectivity index (χ1v) is 6.63. The third kappa shape index (κ3) is 2.03. The van der Waals surface area contributed by atoms with E-state index >= 15 is 0 Å². The second-order valence-electron chi connectivity index (χ2n) is 4.24. The zero-order chi connectivity index (χ0) is 9.26. The maximum Gasteiger partial charge on any atom is 0.0570 e. The molecule has 76 valence electrons. The summed E-state index contributed by atoms with van der Waals surface area (Å²) in [5.74, 6) is 1.24. The Morgan fingerprint density at radius 2 is 1.92 bits per heavy atom. The van der Waals surface area contributed by atoms with Gasteiger partial charge in [0, 0.05) is 24.4 Å². The van der Waals surface area contributed by atoms with Gasteiger partial charge in [0.25, 0.3) is 0 Å². The van der Waals surface area contributed by atoms with Crippen LogP contribution in [0.2, 0.25) is 0 Å². The number of fused-ring (bicyclic) bond motifs is 2. The number of rotatable bonds is 3. The molecule has 2 aliphatic rings. The lowest BCUT2D eigenvalue weighted by Crippen LogP contribution is -2.45. The SMILES string of the molecule is CSCCN1C2CCC1CC(O)C2. The van der Waals surface area contributed by atoms with Crippen molar-refractivity contribution in [2.75, 3.05) is 18.6 Å². The van der Waals surface area contributed by atoms with E-state index in [4.69, 9.17) is 0 Å². The van der Waals surface area contributed by atoms with Crippen LogP contribution in [-0.4, -0.2) is 46.7 Å². The van der Waals surface area contributed by atoms with Crippen LogP contribution in [0.25, 0.3) is 0 Å². The topological polar surface area (TPSA) is 23.5 Å². The molecule has 2 nitrogen and oxygen atoms in total. The second-order valence-corrected chi connectivity index (χ2v) is 5.23. The lowest BCUT2D eigenvalue weighted by atomic mass is 10.0. The van der Waals surface area contributed by atoms with Crippen LogP contribution < -0.4 is 0 Å². The molecule has 0 aromatic heterocycles. The third-order valence-corrected chi connectivity index (χ3v) is 4.00. The van der Waals surface area contributed by atoms with E-state index in [1.54, 1.807) is 0 Å². The Morgan fingerprint density at radius 1 is 1.31 bits per heavy atom. The number of aliphatic hydroxyl groups is 1. The first kappa shape index (κ1) is 9.81. The van der Waals surface area contributed by atoms with Crippen molar-refractivity contribution in [2.45, 2.75) is 43.9 Å². The van der Waals surface area contributed by atoms with Crippen LogP contribution in [0.3, 0.4) is 0 Å². The number of nitrogens with zero attached hydrogens (tertiary/aromatic N) is 1. The average Bonchev–Trinajstić information content (AvgIpc) is 2.33. The number of hydrogen-bond acceptors (Lipinski definition) is 3. The molecule has 2 fully saturated rings. The number of hydrogen-bond donors (Lipinski definition) is 1. The molecule has 2 atom stereocenters. The Bertz CT molecular complexity index is 162. The molecule has 0 saturated carbocycles. The summed E-state index contributed by atoms with van der Waals surface area (Å²) in [6.07, 6.45) is 6.82. The van der Waals surface area contributed by atoms with Gasteiger partial charge >= 0.3 is 0 Å². The summed E-state index contributed by atoms with van der Waals surface area (Å²) in [5.41, 5.74) is 0. The zero-order valence-electron chi connectivity index (χ0n) is 8.28. The Kier molecular flexibility index (Phi) is 3.17. The van der Waals surface area contributed by atoms with Crippen molar-refractivity contribution in [1.29, 1.82) is 0 Å². The van der Waals surface area contributed by atoms with Crippen LogP contribution in [-0.2, 0) is 0 Å². The summed E-state index contributed by atoms with van der Waals surface area (Å²) < 4.78 is 0. The van der Waals surface area contributed by atoms with Crippen molar-refractivity contribution in [3.05, 3.63) is 0 Å². The van der Waals surface area contributed by atoms with Gasteiger partial charge in [-0.2, -0.15) is 11.8 Å². The summed E-state index contributed by atoms with van der Waals surface area (Å²) in [5, 5.41) is 9.60. The van der Waals surface area contributed by atoms with Crippen molar-refractivity contribution >= 4 is 11.8 Å². The van der Waals surface area contributed by atoms with Crippen LogP contribution in [0.15, 0.2) is 0 Å². The molecule has 0 spiro atoms. The highest BCUT2D eigenvalue weighted by atomic mass is 32.2. The predicted molar refractivity (Wildman–Crippen MR) is 57.1 cm³/mol. The summed E-state index contributed by atoms with van der Waals surface area (Å²) in [4.78, 5) is 2.63. The maximum absolute atomic E-state index is 9.60. The highest BCUT2D eigenvalue weighted by Crippen LogP contribution is 2.35. The van der Waals surface area contributed by atoms with Crippen LogP contribution in [0.1, 0.15) is 25.7 Å². The van der Waals surface area contributed by atoms with Crippen molar-refractivity contribution < 1.29 is 5.11 Å². The highest BCUT2D eigenvalue weighted by Gasteiger charge is 2.39. The highest BCUT2D eigenvalue weighted by molar-refractivity contribution is 7.98. The molecule has 13 heavy (non-hydrogen) atoms. The number of thioether (sulfide) groups is 1. The van der Waals surface area contributed by atoms with Gasteiger partial charge in [-0.05, 0) is 31.9 Å². The molecule has 2 heterocycles.